The number of guanidine groups is 1. The number of halogens is 1. The first-order valence-electron chi connectivity index (χ1n) is 9.28. The van der Waals surface area contributed by atoms with Crippen molar-refractivity contribution in [3.8, 4) is 0 Å². The lowest BCUT2D eigenvalue weighted by Gasteiger charge is -2.33. The van der Waals surface area contributed by atoms with Crippen LogP contribution in [0.25, 0.3) is 0 Å². The predicted molar refractivity (Wildman–Crippen MR) is 118 cm³/mol. The van der Waals surface area contributed by atoms with Gasteiger partial charge in [0.25, 0.3) is 0 Å². The molecule has 4 nitrogen and oxygen atoms in total. The van der Waals surface area contributed by atoms with Gasteiger partial charge in [-0.1, -0.05) is 31.2 Å². The average molecular weight is 454 g/mol. The number of aliphatic imine (C=N–C) groups is 1. The predicted octanol–water partition coefficient (Wildman–Crippen LogP) is 3.88. The molecule has 2 heterocycles. The zero-order valence-electron chi connectivity index (χ0n) is 15.4. The van der Waals surface area contributed by atoms with E-state index in [9.17, 15) is 0 Å². The summed E-state index contributed by atoms with van der Waals surface area (Å²) < 4.78 is 0. The highest BCUT2D eigenvalue weighted by atomic mass is 127. The molecule has 0 amide bonds. The number of piperidine rings is 1. The van der Waals surface area contributed by atoms with Crippen LogP contribution >= 0.6 is 24.0 Å². The molecule has 0 aliphatic carbocycles. The van der Waals surface area contributed by atoms with E-state index < -0.39 is 0 Å². The van der Waals surface area contributed by atoms with Crippen LogP contribution in [-0.4, -0.2) is 43.6 Å². The van der Waals surface area contributed by atoms with Gasteiger partial charge in [0.1, 0.15) is 0 Å². The number of hydrogen-bond acceptors (Lipinski definition) is 2. The maximum absolute atomic E-state index is 4.90. The molecule has 1 aromatic carbocycles. The molecule has 2 aliphatic heterocycles. The summed E-state index contributed by atoms with van der Waals surface area (Å²) in [4.78, 5) is 9.69. The van der Waals surface area contributed by atoms with Gasteiger partial charge in [-0.3, -0.25) is 0 Å². The minimum atomic E-state index is 0. The van der Waals surface area contributed by atoms with Crippen molar-refractivity contribution in [3.05, 3.63) is 42.0 Å². The summed E-state index contributed by atoms with van der Waals surface area (Å²) in [5.74, 6) is 1.91. The molecule has 3 rings (SSSR count). The van der Waals surface area contributed by atoms with Crippen LogP contribution in [0.5, 0.6) is 0 Å². The van der Waals surface area contributed by atoms with Crippen LogP contribution in [0.15, 0.2) is 41.4 Å². The van der Waals surface area contributed by atoms with E-state index in [0.29, 0.717) is 0 Å². The normalized spacial score (nSPS) is 18.4. The van der Waals surface area contributed by atoms with Gasteiger partial charge >= 0.3 is 0 Å². The molecule has 0 bridgehead atoms. The molecule has 1 fully saturated rings. The lowest BCUT2D eigenvalue weighted by atomic mass is 10.00. The molecule has 0 saturated carbocycles. The Bertz CT molecular complexity index is 583. The van der Waals surface area contributed by atoms with Crippen molar-refractivity contribution in [2.45, 2.75) is 33.2 Å². The number of likely N-dealkylation sites (tertiary alicyclic amines) is 1. The highest BCUT2D eigenvalue weighted by Crippen LogP contribution is 2.19. The van der Waals surface area contributed by atoms with Crippen molar-refractivity contribution < 1.29 is 0 Å². The fraction of sp³-hybridized carbons (Fsp3) is 0.550. The molecule has 2 aliphatic rings. The number of nitrogens with one attached hydrogen (secondary N) is 1. The fourth-order valence-corrected chi connectivity index (χ4v) is 3.35. The van der Waals surface area contributed by atoms with Crippen molar-refractivity contribution >= 4 is 35.6 Å². The first kappa shape index (κ1) is 20.1. The monoisotopic (exact) mass is 454 g/mol. The molecule has 0 spiro atoms. The lowest BCUT2D eigenvalue weighted by Crippen LogP contribution is -2.45. The van der Waals surface area contributed by atoms with Gasteiger partial charge in [-0.05, 0) is 43.4 Å². The van der Waals surface area contributed by atoms with Crippen LogP contribution in [0.2, 0.25) is 0 Å². The summed E-state index contributed by atoms with van der Waals surface area (Å²) in [5, 5.41) is 3.46. The number of rotatable bonds is 4. The Kier molecular flexibility index (Phi) is 8.06. The smallest absolute Gasteiger partial charge is 0.194 e. The molecule has 25 heavy (non-hydrogen) atoms. The number of hydrogen-bond donors (Lipinski definition) is 1. The molecular formula is C20H31IN4. The Morgan fingerprint density at radius 3 is 2.60 bits per heavy atom. The van der Waals surface area contributed by atoms with Crippen LogP contribution in [0.4, 0.5) is 5.69 Å². The van der Waals surface area contributed by atoms with Crippen LogP contribution in [-0.2, 0) is 6.54 Å². The SMILES string of the molecule is CCNC(=NCc1cccc(N2CC=CC2)c1)N1CCC(C)CC1.I. The molecular weight excluding hydrogens is 423 g/mol. The van der Waals surface area contributed by atoms with E-state index in [1.54, 1.807) is 0 Å². The van der Waals surface area contributed by atoms with Gasteiger partial charge in [-0.2, -0.15) is 0 Å². The Morgan fingerprint density at radius 2 is 1.92 bits per heavy atom. The zero-order chi connectivity index (χ0) is 16.8. The number of benzene rings is 1. The van der Waals surface area contributed by atoms with Crippen LogP contribution < -0.4 is 10.2 Å². The summed E-state index contributed by atoms with van der Waals surface area (Å²) >= 11 is 0. The quantitative estimate of drug-likeness (QED) is 0.324. The van der Waals surface area contributed by atoms with Crippen molar-refractivity contribution in [2.24, 2.45) is 10.9 Å². The second-order valence-electron chi connectivity index (χ2n) is 6.89. The topological polar surface area (TPSA) is 30.9 Å². The van der Waals surface area contributed by atoms with E-state index >= 15 is 0 Å². The molecule has 1 aromatic rings. The van der Waals surface area contributed by atoms with Crippen molar-refractivity contribution in [1.82, 2.24) is 10.2 Å². The van der Waals surface area contributed by atoms with E-state index in [-0.39, 0.29) is 24.0 Å². The number of nitrogens with zero attached hydrogens (tertiary/aromatic N) is 3. The Labute approximate surface area is 169 Å². The molecule has 1 N–H and O–H groups in total. The summed E-state index contributed by atoms with van der Waals surface area (Å²) in [6.45, 7) is 10.4. The minimum absolute atomic E-state index is 0. The summed E-state index contributed by atoms with van der Waals surface area (Å²) in [5.41, 5.74) is 2.57. The molecule has 138 valence electrons. The Morgan fingerprint density at radius 1 is 1.20 bits per heavy atom. The van der Waals surface area contributed by atoms with E-state index in [4.69, 9.17) is 4.99 Å². The van der Waals surface area contributed by atoms with Crippen LogP contribution in [0.1, 0.15) is 32.3 Å². The molecule has 0 radical (unpaired) electrons. The van der Waals surface area contributed by atoms with Gasteiger partial charge in [0, 0.05) is 38.4 Å². The standard InChI is InChI=1S/C20H30N4.HI/c1-3-21-20(24-13-9-17(2)10-14-24)22-16-18-7-6-8-19(15-18)23-11-4-5-12-23;/h4-8,15,17H,3,9-14,16H2,1-2H3,(H,21,22);1H. The van der Waals surface area contributed by atoms with Crippen molar-refractivity contribution in [3.63, 3.8) is 0 Å². The van der Waals surface area contributed by atoms with Crippen molar-refractivity contribution in [1.29, 1.82) is 0 Å². The Balaban J connectivity index is 0.00000225. The summed E-state index contributed by atoms with van der Waals surface area (Å²) in [7, 11) is 0. The highest BCUT2D eigenvalue weighted by Gasteiger charge is 2.18. The molecule has 1 saturated heterocycles. The van der Waals surface area contributed by atoms with E-state index in [1.165, 1.54) is 24.1 Å². The molecule has 0 aromatic heterocycles. The molecule has 5 heteroatoms. The maximum Gasteiger partial charge on any atom is 0.194 e. The van der Waals surface area contributed by atoms with Crippen LogP contribution in [0.3, 0.4) is 0 Å². The Hall–Kier alpha value is -1.24. The van der Waals surface area contributed by atoms with Gasteiger partial charge < -0.3 is 15.1 Å². The maximum atomic E-state index is 4.90. The molecule has 0 atom stereocenters. The zero-order valence-corrected chi connectivity index (χ0v) is 17.8. The van der Waals surface area contributed by atoms with Gasteiger partial charge in [0.05, 0.1) is 6.54 Å². The first-order chi connectivity index (χ1) is 11.8. The second kappa shape index (κ2) is 10.0. The largest absolute Gasteiger partial charge is 0.364 e. The van der Waals surface area contributed by atoms with Crippen LogP contribution in [0, 0.1) is 5.92 Å². The third kappa shape index (κ3) is 5.62. The highest BCUT2D eigenvalue weighted by molar-refractivity contribution is 14.0. The third-order valence-electron chi connectivity index (χ3n) is 4.92. The first-order valence-corrected chi connectivity index (χ1v) is 9.28. The van der Waals surface area contributed by atoms with E-state index in [2.05, 4.69) is 65.4 Å². The third-order valence-corrected chi connectivity index (χ3v) is 4.92. The van der Waals surface area contributed by atoms with Gasteiger partial charge in [-0.15, -0.1) is 24.0 Å². The van der Waals surface area contributed by atoms with E-state index in [0.717, 1.165) is 51.1 Å². The summed E-state index contributed by atoms with van der Waals surface area (Å²) in [6, 6.07) is 8.79. The minimum Gasteiger partial charge on any atom is -0.364 e. The molecule has 0 unspecified atom stereocenters. The average Bonchev–Trinajstić information content (AvgIpc) is 3.14. The van der Waals surface area contributed by atoms with Gasteiger partial charge in [0.2, 0.25) is 0 Å². The number of anilines is 1. The van der Waals surface area contributed by atoms with E-state index in [1.807, 2.05) is 0 Å². The lowest BCUT2D eigenvalue weighted by molar-refractivity contribution is 0.273. The summed E-state index contributed by atoms with van der Waals surface area (Å²) in [6.07, 6.45) is 6.99. The second-order valence-corrected chi connectivity index (χ2v) is 6.89. The van der Waals surface area contributed by atoms with Gasteiger partial charge in [-0.25, -0.2) is 4.99 Å². The van der Waals surface area contributed by atoms with Gasteiger partial charge in [0.15, 0.2) is 5.96 Å². The van der Waals surface area contributed by atoms with Crippen molar-refractivity contribution in [2.75, 3.05) is 37.6 Å². The fourth-order valence-electron chi connectivity index (χ4n) is 3.35.